The molecule has 0 aliphatic carbocycles. The van der Waals surface area contributed by atoms with Crippen LogP contribution in [0.3, 0.4) is 0 Å². The number of alkyl halides is 3. The summed E-state index contributed by atoms with van der Waals surface area (Å²) in [5.41, 5.74) is -0.446. The van der Waals surface area contributed by atoms with Crippen LogP contribution in [-0.4, -0.2) is 15.9 Å². The standard InChI is InChI=1S/C13H13F3N2O/c1-9(2)19-11-6-4-3-5-10(11)18-8-7-12(17-18)13(14,15)16/h3-9H,1-2H3. The zero-order chi connectivity index (χ0) is 14.0. The second kappa shape index (κ2) is 4.95. The Hall–Kier alpha value is -1.98. The Morgan fingerprint density at radius 1 is 1.16 bits per heavy atom. The summed E-state index contributed by atoms with van der Waals surface area (Å²) in [4.78, 5) is 0. The minimum atomic E-state index is -4.45. The largest absolute Gasteiger partial charge is 0.489 e. The van der Waals surface area contributed by atoms with E-state index in [2.05, 4.69) is 5.10 Å². The maximum absolute atomic E-state index is 12.5. The fourth-order valence-corrected chi connectivity index (χ4v) is 1.61. The monoisotopic (exact) mass is 270 g/mol. The van der Waals surface area contributed by atoms with Crippen LogP contribution in [0.25, 0.3) is 5.69 Å². The van der Waals surface area contributed by atoms with Crippen molar-refractivity contribution in [3.63, 3.8) is 0 Å². The molecule has 19 heavy (non-hydrogen) atoms. The van der Waals surface area contributed by atoms with Crippen LogP contribution < -0.4 is 4.74 Å². The summed E-state index contributed by atoms with van der Waals surface area (Å²) in [7, 11) is 0. The number of hydrogen-bond donors (Lipinski definition) is 0. The van der Waals surface area contributed by atoms with E-state index >= 15 is 0 Å². The van der Waals surface area contributed by atoms with Gasteiger partial charge in [0.05, 0.1) is 6.10 Å². The molecule has 0 aliphatic rings. The van der Waals surface area contributed by atoms with Crippen LogP contribution in [-0.2, 0) is 6.18 Å². The van der Waals surface area contributed by atoms with E-state index in [1.165, 1.54) is 10.9 Å². The first-order valence-corrected chi connectivity index (χ1v) is 5.77. The minimum Gasteiger partial charge on any atom is -0.489 e. The smallest absolute Gasteiger partial charge is 0.435 e. The van der Waals surface area contributed by atoms with E-state index < -0.39 is 11.9 Å². The maximum Gasteiger partial charge on any atom is 0.435 e. The summed E-state index contributed by atoms with van der Waals surface area (Å²) in [6.07, 6.45) is -3.25. The lowest BCUT2D eigenvalue weighted by Gasteiger charge is -2.13. The Kier molecular flexibility index (Phi) is 3.50. The van der Waals surface area contributed by atoms with Crippen LogP contribution in [0, 0.1) is 0 Å². The molecule has 0 unspecified atom stereocenters. The Balaban J connectivity index is 2.39. The average molecular weight is 270 g/mol. The van der Waals surface area contributed by atoms with Crippen LogP contribution >= 0.6 is 0 Å². The van der Waals surface area contributed by atoms with Crippen molar-refractivity contribution < 1.29 is 17.9 Å². The van der Waals surface area contributed by atoms with Crippen molar-refractivity contribution in [2.24, 2.45) is 0 Å². The van der Waals surface area contributed by atoms with Crippen molar-refractivity contribution in [2.45, 2.75) is 26.1 Å². The highest BCUT2D eigenvalue weighted by Crippen LogP contribution is 2.29. The third-order valence-corrected chi connectivity index (χ3v) is 2.35. The lowest BCUT2D eigenvalue weighted by Crippen LogP contribution is -2.10. The molecule has 6 heteroatoms. The third kappa shape index (κ3) is 3.07. The van der Waals surface area contributed by atoms with Gasteiger partial charge in [-0.25, -0.2) is 4.68 Å². The van der Waals surface area contributed by atoms with Crippen LogP contribution in [0.15, 0.2) is 36.5 Å². The highest BCUT2D eigenvalue weighted by Gasteiger charge is 2.33. The number of para-hydroxylation sites is 2. The number of nitrogens with zero attached hydrogens (tertiary/aromatic N) is 2. The SMILES string of the molecule is CC(C)Oc1ccccc1-n1ccc(C(F)(F)F)n1. The van der Waals surface area contributed by atoms with Crippen molar-refractivity contribution in [1.82, 2.24) is 9.78 Å². The van der Waals surface area contributed by atoms with Crippen LogP contribution in [0.5, 0.6) is 5.75 Å². The van der Waals surface area contributed by atoms with E-state index in [1.807, 2.05) is 13.8 Å². The van der Waals surface area contributed by atoms with Gasteiger partial charge in [-0.05, 0) is 32.0 Å². The van der Waals surface area contributed by atoms with E-state index in [9.17, 15) is 13.2 Å². The van der Waals surface area contributed by atoms with E-state index in [4.69, 9.17) is 4.74 Å². The second-order valence-corrected chi connectivity index (χ2v) is 4.28. The van der Waals surface area contributed by atoms with Gasteiger partial charge in [-0.3, -0.25) is 0 Å². The summed E-state index contributed by atoms with van der Waals surface area (Å²) in [5, 5.41) is 3.53. The Morgan fingerprint density at radius 2 is 1.84 bits per heavy atom. The molecule has 1 aromatic carbocycles. The zero-order valence-corrected chi connectivity index (χ0v) is 10.5. The fraction of sp³-hybridized carbons (Fsp3) is 0.308. The van der Waals surface area contributed by atoms with E-state index in [1.54, 1.807) is 24.3 Å². The quantitative estimate of drug-likeness (QED) is 0.850. The van der Waals surface area contributed by atoms with Gasteiger partial charge in [0.2, 0.25) is 0 Å². The summed E-state index contributed by atoms with van der Waals surface area (Å²) in [6, 6.07) is 7.77. The first-order valence-electron chi connectivity index (χ1n) is 5.77. The summed E-state index contributed by atoms with van der Waals surface area (Å²) in [6.45, 7) is 3.70. The Morgan fingerprint density at radius 3 is 2.42 bits per heavy atom. The van der Waals surface area contributed by atoms with Gasteiger partial charge in [0.15, 0.2) is 5.69 Å². The fourth-order valence-electron chi connectivity index (χ4n) is 1.61. The van der Waals surface area contributed by atoms with Gasteiger partial charge in [-0.15, -0.1) is 0 Å². The molecule has 0 saturated heterocycles. The highest BCUT2D eigenvalue weighted by molar-refractivity contribution is 5.46. The molecule has 2 rings (SSSR count). The molecule has 3 nitrogen and oxygen atoms in total. The molecule has 102 valence electrons. The molecular weight excluding hydrogens is 257 g/mol. The van der Waals surface area contributed by atoms with E-state index in [-0.39, 0.29) is 6.10 Å². The molecule has 1 heterocycles. The minimum absolute atomic E-state index is 0.0706. The Bertz CT molecular complexity index is 561. The molecule has 1 aromatic heterocycles. The van der Waals surface area contributed by atoms with Crippen molar-refractivity contribution in [1.29, 1.82) is 0 Å². The summed E-state index contributed by atoms with van der Waals surface area (Å²) < 4.78 is 44.3. The average Bonchev–Trinajstić information content (AvgIpc) is 2.77. The highest BCUT2D eigenvalue weighted by atomic mass is 19.4. The molecule has 0 saturated carbocycles. The number of hydrogen-bond acceptors (Lipinski definition) is 2. The molecular formula is C13H13F3N2O. The number of halogens is 3. The summed E-state index contributed by atoms with van der Waals surface area (Å²) >= 11 is 0. The number of benzene rings is 1. The number of aromatic nitrogens is 2. The topological polar surface area (TPSA) is 27.1 Å². The van der Waals surface area contributed by atoms with Gasteiger partial charge in [0, 0.05) is 6.20 Å². The molecule has 0 aliphatic heterocycles. The lowest BCUT2D eigenvalue weighted by atomic mass is 10.3. The van der Waals surface area contributed by atoms with Crippen molar-refractivity contribution in [2.75, 3.05) is 0 Å². The lowest BCUT2D eigenvalue weighted by molar-refractivity contribution is -0.141. The van der Waals surface area contributed by atoms with Gasteiger partial charge < -0.3 is 4.74 Å². The zero-order valence-electron chi connectivity index (χ0n) is 10.5. The first-order chi connectivity index (χ1) is 8.88. The van der Waals surface area contributed by atoms with Crippen molar-refractivity contribution in [3.05, 3.63) is 42.2 Å². The third-order valence-electron chi connectivity index (χ3n) is 2.35. The first kappa shape index (κ1) is 13.5. The van der Waals surface area contributed by atoms with Gasteiger partial charge in [-0.2, -0.15) is 18.3 Å². The second-order valence-electron chi connectivity index (χ2n) is 4.28. The predicted molar refractivity (Wildman–Crippen MR) is 64.3 cm³/mol. The van der Waals surface area contributed by atoms with Crippen molar-refractivity contribution >= 4 is 0 Å². The van der Waals surface area contributed by atoms with Gasteiger partial charge in [0.25, 0.3) is 0 Å². The van der Waals surface area contributed by atoms with Crippen molar-refractivity contribution in [3.8, 4) is 11.4 Å². The van der Waals surface area contributed by atoms with Gasteiger partial charge in [0.1, 0.15) is 11.4 Å². The van der Waals surface area contributed by atoms with Crippen LogP contribution in [0.2, 0.25) is 0 Å². The molecule has 0 radical (unpaired) electrons. The molecule has 0 fully saturated rings. The number of ether oxygens (including phenoxy) is 1. The van der Waals surface area contributed by atoms with E-state index in [0.29, 0.717) is 11.4 Å². The van der Waals surface area contributed by atoms with Gasteiger partial charge in [-0.1, -0.05) is 12.1 Å². The maximum atomic E-state index is 12.5. The predicted octanol–water partition coefficient (Wildman–Crippen LogP) is 3.68. The number of rotatable bonds is 3. The van der Waals surface area contributed by atoms with E-state index in [0.717, 1.165) is 6.07 Å². The molecule has 0 atom stereocenters. The van der Waals surface area contributed by atoms with Gasteiger partial charge >= 0.3 is 6.18 Å². The molecule has 0 amide bonds. The van der Waals surface area contributed by atoms with Crippen LogP contribution in [0.1, 0.15) is 19.5 Å². The molecule has 0 spiro atoms. The summed E-state index contributed by atoms with van der Waals surface area (Å²) in [5.74, 6) is 0.495. The normalized spacial score (nSPS) is 11.9. The molecule has 0 bridgehead atoms. The molecule has 2 aromatic rings. The van der Waals surface area contributed by atoms with Crippen LogP contribution in [0.4, 0.5) is 13.2 Å². The molecule has 0 N–H and O–H groups in total. The Labute approximate surface area is 108 Å².